The van der Waals surface area contributed by atoms with Crippen molar-refractivity contribution in [1.29, 1.82) is 0 Å². The van der Waals surface area contributed by atoms with Gasteiger partial charge in [-0.15, -0.1) is 0 Å². The highest BCUT2D eigenvalue weighted by atomic mass is 32.2. The third kappa shape index (κ3) is 2.64. The Bertz CT molecular complexity index is 285. The van der Waals surface area contributed by atoms with E-state index >= 15 is 0 Å². The maximum atomic E-state index is 10.3. The second kappa shape index (κ2) is 4.23. The predicted molar refractivity (Wildman–Crippen MR) is 45.6 cm³/mol. The minimum absolute atomic E-state index is 0.0389. The molecule has 1 atom stereocenters. The average molecular weight is 185 g/mol. The highest BCUT2D eigenvalue weighted by Gasteiger charge is 1.94. The fraction of sp³-hybridized carbons (Fsp3) is 0.250. The Morgan fingerprint density at radius 1 is 1.58 bits per heavy atom. The molecule has 3 nitrogen and oxygen atoms in total. The lowest BCUT2D eigenvalue weighted by Gasteiger charge is -2.06. The Kier molecular flexibility index (Phi) is 3.25. The van der Waals surface area contributed by atoms with E-state index in [0.717, 1.165) is 5.56 Å². The minimum Gasteiger partial charge on any atom is -0.772 e. The molecule has 0 aliphatic heterocycles. The normalized spacial score (nSPS) is 12.5. The zero-order valence-electron chi connectivity index (χ0n) is 6.65. The highest BCUT2D eigenvalue weighted by Crippen LogP contribution is 2.13. The standard InChI is InChI=1S/C8H10O3S/c1-11-8-4-2-3-7(5-8)6-12(9)10/h2-5H,6H2,1H3,(H,9,10)/p-1. The van der Waals surface area contributed by atoms with Crippen molar-refractivity contribution < 1.29 is 13.5 Å². The van der Waals surface area contributed by atoms with Crippen molar-refractivity contribution in [3.63, 3.8) is 0 Å². The molecule has 0 radical (unpaired) electrons. The first-order chi connectivity index (χ1) is 5.72. The van der Waals surface area contributed by atoms with Crippen LogP contribution in [0.4, 0.5) is 0 Å². The molecule has 1 unspecified atom stereocenters. The van der Waals surface area contributed by atoms with Gasteiger partial charge in [0.1, 0.15) is 5.75 Å². The Balaban J connectivity index is 2.79. The molecule has 0 aromatic heterocycles. The molecule has 66 valence electrons. The summed E-state index contributed by atoms with van der Waals surface area (Å²) < 4.78 is 25.6. The zero-order chi connectivity index (χ0) is 8.97. The number of rotatable bonds is 3. The van der Waals surface area contributed by atoms with Gasteiger partial charge in [0.25, 0.3) is 0 Å². The average Bonchev–Trinajstić information content (AvgIpc) is 2.03. The third-order valence-corrected chi connectivity index (χ3v) is 1.99. The molecule has 1 aromatic rings. The summed E-state index contributed by atoms with van der Waals surface area (Å²) in [5.41, 5.74) is 0.739. The Morgan fingerprint density at radius 2 is 2.33 bits per heavy atom. The number of methoxy groups -OCH3 is 1. The first-order valence-electron chi connectivity index (χ1n) is 3.41. The molecule has 0 amide bonds. The van der Waals surface area contributed by atoms with Gasteiger partial charge in [0.2, 0.25) is 0 Å². The third-order valence-electron chi connectivity index (χ3n) is 1.42. The maximum Gasteiger partial charge on any atom is 0.119 e. The molecule has 0 saturated heterocycles. The van der Waals surface area contributed by atoms with Gasteiger partial charge in [0, 0.05) is 5.75 Å². The van der Waals surface area contributed by atoms with E-state index in [2.05, 4.69) is 0 Å². The van der Waals surface area contributed by atoms with Crippen LogP contribution in [0, 0.1) is 0 Å². The Labute approximate surface area is 73.7 Å². The van der Waals surface area contributed by atoms with E-state index in [1.165, 1.54) is 0 Å². The lowest BCUT2D eigenvalue weighted by atomic mass is 10.2. The van der Waals surface area contributed by atoms with Gasteiger partial charge in [-0.2, -0.15) is 0 Å². The van der Waals surface area contributed by atoms with Crippen LogP contribution in [0.5, 0.6) is 5.75 Å². The van der Waals surface area contributed by atoms with Crippen LogP contribution >= 0.6 is 0 Å². The minimum atomic E-state index is -2.03. The van der Waals surface area contributed by atoms with Crippen molar-refractivity contribution in [2.24, 2.45) is 0 Å². The van der Waals surface area contributed by atoms with Crippen molar-refractivity contribution in [2.45, 2.75) is 5.75 Å². The van der Waals surface area contributed by atoms with E-state index in [4.69, 9.17) is 4.74 Å². The molecule has 0 spiro atoms. The van der Waals surface area contributed by atoms with Crippen molar-refractivity contribution in [1.82, 2.24) is 0 Å². The SMILES string of the molecule is COc1cccc(CS(=O)[O-])c1. The fourth-order valence-electron chi connectivity index (χ4n) is 0.898. The van der Waals surface area contributed by atoms with Crippen molar-refractivity contribution >= 4 is 11.1 Å². The van der Waals surface area contributed by atoms with Gasteiger partial charge < -0.3 is 9.29 Å². The summed E-state index contributed by atoms with van der Waals surface area (Å²) in [7, 11) is 1.55. The monoisotopic (exact) mass is 185 g/mol. The molecule has 4 heteroatoms. The van der Waals surface area contributed by atoms with Gasteiger partial charge in [0.15, 0.2) is 0 Å². The second-order valence-corrected chi connectivity index (χ2v) is 3.20. The fourth-order valence-corrected chi connectivity index (χ4v) is 1.35. The molecule has 0 fully saturated rings. The molecule has 0 N–H and O–H groups in total. The predicted octanol–water partition coefficient (Wildman–Crippen LogP) is 1.07. The molecular weight excluding hydrogens is 176 g/mol. The van der Waals surface area contributed by atoms with Gasteiger partial charge in [-0.05, 0) is 17.7 Å². The highest BCUT2D eigenvalue weighted by molar-refractivity contribution is 7.78. The summed E-state index contributed by atoms with van der Waals surface area (Å²) in [6.45, 7) is 0. The van der Waals surface area contributed by atoms with Crippen LogP contribution in [-0.2, 0) is 16.8 Å². The molecule has 12 heavy (non-hydrogen) atoms. The molecule has 0 saturated carbocycles. The van der Waals surface area contributed by atoms with E-state index in [9.17, 15) is 8.76 Å². The molecule has 0 heterocycles. The van der Waals surface area contributed by atoms with Crippen molar-refractivity contribution in [3.05, 3.63) is 29.8 Å². The molecule has 0 aliphatic rings. The molecular formula is C8H9O3S-. The smallest absolute Gasteiger partial charge is 0.119 e. The molecule has 1 aromatic carbocycles. The largest absolute Gasteiger partial charge is 0.772 e. The Morgan fingerprint density at radius 3 is 2.92 bits per heavy atom. The number of ether oxygens (including phenoxy) is 1. The van der Waals surface area contributed by atoms with E-state index in [1.54, 1.807) is 31.4 Å². The van der Waals surface area contributed by atoms with Crippen LogP contribution in [0.25, 0.3) is 0 Å². The van der Waals surface area contributed by atoms with Gasteiger partial charge in [-0.1, -0.05) is 23.2 Å². The maximum absolute atomic E-state index is 10.3. The summed E-state index contributed by atoms with van der Waals surface area (Å²) in [6.07, 6.45) is 0. The van der Waals surface area contributed by atoms with Crippen LogP contribution in [-0.4, -0.2) is 15.9 Å². The van der Waals surface area contributed by atoms with E-state index in [0.29, 0.717) is 5.75 Å². The van der Waals surface area contributed by atoms with Crippen molar-refractivity contribution in [2.75, 3.05) is 7.11 Å². The zero-order valence-corrected chi connectivity index (χ0v) is 7.47. The lowest BCUT2D eigenvalue weighted by molar-refractivity contribution is 0.414. The number of hydrogen-bond acceptors (Lipinski definition) is 3. The molecule has 0 bridgehead atoms. The Hall–Kier alpha value is -0.870. The summed E-state index contributed by atoms with van der Waals surface area (Å²) in [5, 5.41) is 0. The summed E-state index contributed by atoms with van der Waals surface area (Å²) >= 11 is -2.03. The first kappa shape index (κ1) is 9.22. The number of benzene rings is 1. The lowest BCUT2D eigenvalue weighted by Crippen LogP contribution is -1.93. The topological polar surface area (TPSA) is 49.4 Å². The van der Waals surface area contributed by atoms with Gasteiger partial charge >= 0.3 is 0 Å². The van der Waals surface area contributed by atoms with E-state index in [1.807, 2.05) is 0 Å². The van der Waals surface area contributed by atoms with Crippen LogP contribution in [0.2, 0.25) is 0 Å². The van der Waals surface area contributed by atoms with E-state index < -0.39 is 11.1 Å². The molecule has 0 aliphatic carbocycles. The second-order valence-electron chi connectivity index (χ2n) is 2.30. The van der Waals surface area contributed by atoms with Crippen LogP contribution in [0.15, 0.2) is 24.3 Å². The van der Waals surface area contributed by atoms with Crippen LogP contribution in [0.1, 0.15) is 5.56 Å². The van der Waals surface area contributed by atoms with Crippen molar-refractivity contribution in [3.8, 4) is 5.75 Å². The molecule has 1 rings (SSSR count). The van der Waals surface area contributed by atoms with Gasteiger partial charge in [0.05, 0.1) is 7.11 Å². The van der Waals surface area contributed by atoms with Gasteiger partial charge in [-0.25, -0.2) is 0 Å². The van der Waals surface area contributed by atoms with Crippen LogP contribution in [0.3, 0.4) is 0 Å². The first-order valence-corrected chi connectivity index (χ1v) is 4.65. The summed E-state index contributed by atoms with van der Waals surface area (Å²) in [4.78, 5) is 0. The summed E-state index contributed by atoms with van der Waals surface area (Å²) in [5.74, 6) is 0.718. The van der Waals surface area contributed by atoms with Gasteiger partial charge in [-0.3, -0.25) is 4.21 Å². The van der Waals surface area contributed by atoms with Crippen LogP contribution < -0.4 is 4.74 Å². The quantitative estimate of drug-likeness (QED) is 0.662. The number of hydrogen-bond donors (Lipinski definition) is 0. The van der Waals surface area contributed by atoms with E-state index in [-0.39, 0.29) is 5.75 Å². The summed E-state index contributed by atoms with van der Waals surface area (Å²) in [6, 6.07) is 6.99.